The van der Waals surface area contributed by atoms with Crippen LogP contribution >= 0.6 is 23.1 Å². The number of carboxylic acids is 1. The van der Waals surface area contributed by atoms with E-state index in [-0.39, 0.29) is 12.2 Å². The Balaban J connectivity index is 1.60. The Labute approximate surface area is 250 Å². The molecular formula is C31H37N2O5S3+. The van der Waals surface area contributed by atoms with E-state index in [1.54, 1.807) is 23.1 Å². The van der Waals surface area contributed by atoms with Crippen molar-refractivity contribution in [2.75, 3.05) is 17.2 Å². The molecule has 0 radical (unpaired) electrons. The molecule has 1 aromatic heterocycles. The summed E-state index contributed by atoms with van der Waals surface area (Å²) in [5, 5.41) is 11.2. The van der Waals surface area contributed by atoms with Gasteiger partial charge in [-0.1, -0.05) is 40.8 Å². The maximum Gasteiger partial charge on any atom is 0.303 e. The highest BCUT2D eigenvalue weighted by Crippen LogP contribution is 2.47. The van der Waals surface area contributed by atoms with Gasteiger partial charge in [-0.15, -0.1) is 0 Å². The van der Waals surface area contributed by atoms with Gasteiger partial charge in [-0.2, -0.15) is 13.0 Å². The summed E-state index contributed by atoms with van der Waals surface area (Å²) in [6, 6.07) is 8.68. The summed E-state index contributed by atoms with van der Waals surface area (Å²) in [5.41, 5.74) is 8.04. The van der Waals surface area contributed by atoms with Crippen LogP contribution in [0.4, 0.5) is 5.69 Å². The molecule has 0 atom stereocenters. The average Bonchev–Trinajstić information content (AvgIpc) is 3.38. The molecule has 0 aliphatic carbocycles. The number of allylic oxidation sites excluding steroid dienone is 4. The van der Waals surface area contributed by atoms with Crippen LogP contribution in [-0.4, -0.2) is 36.3 Å². The zero-order valence-corrected chi connectivity index (χ0v) is 26.5. The number of aromatic nitrogens is 1. The summed E-state index contributed by atoms with van der Waals surface area (Å²) in [4.78, 5) is 14.4. The fraction of sp³-hybridized carbons (Fsp3) is 0.355. The summed E-state index contributed by atoms with van der Waals surface area (Å²) in [6.45, 7) is 11.5. The first kappa shape index (κ1) is 31.0. The minimum Gasteiger partial charge on any atom is -0.481 e. The number of benzene rings is 2. The number of fused-ring (bicyclic) bond motifs is 2. The van der Waals surface area contributed by atoms with Crippen molar-refractivity contribution in [3.63, 3.8) is 0 Å². The van der Waals surface area contributed by atoms with Crippen LogP contribution in [0.2, 0.25) is 0 Å². The van der Waals surface area contributed by atoms with Gasteiger partial charge in [-0.3, -0.25) is 9.35 Å². The number of thiazole rings is 1. The second-order valence-corrected chi connectivity index (χ2v) is 14.2. The zero-order chi connectivity index (χ0) is 29.9. The average molecular weight is 614 g/mol. The third kappa shape index (κ3) is 7.88. The van der Waals surface area contributed by atoms with E-state index in [1.165, 1.54) is 27.0 Å². The normalized spacial score (nSPS) is 15.0. The summed E-state index contributed by atoms with van der Waals surface area (Å²) in [6.07, 6.45) is 9.28. The van der Waals surface area contributed by atoms with Crippen LogP contribution in [-0.2, 0) is 21.5 Å². The molecule has 0 amide bonds. The molecule has 0 bridgehead atoms. The molecule has 0 saturated heterocycles. The van der Waals surface area contributed by atoms with Crippen LogP contribution in [0.1, 0.15) is 53.4 Å². The van der Waals surface area contributed by atoms with Gasteiger partial charge in [0.15, 0.2) is 6.54 Å². The summed E-state index contributed by atoms with van der Waals surface area (Å²) < 4.78 is 35.2. The van der Waals surface area contributed by atoms with Crippen LogP contribution in [0.25, 0.3) is 16.3 Å². The van der Waals surface area contributed by atoms with E-state index in [0.717, 1.165) is 31.7 Å². The van der Waals surface area contributed by atoms with Gasteiger partial charge in [-0.05, 0) is 87.6 Å². The molecule has 4 rings (SSSR count). The molecule has 0 fully saturated rings. The number of aliphatic carboxylic acids is 1. The van der Waals surface area contributed by atoms with Gasteiger partial charge in [0.1, 0.15) is 4.70 Å². The lowest BCUT2D eigenvalue weighted by molar-refractivity contribution is -0.669. The van der Waals surface area contributed by atoms with Crippen molar-refractivity contribution in [2.24, 2.45) is 0 Å². The van der Waals surface area contributed by atoms with Gasteiger partial charge < -0.3 is 10.0 Å². The van der Waals surface area contributed by atoms with Crippen LogP contribution in [0.5, 0.6) is 0 Å². The third-order valence-electron chi connectivity index (χ3n) is 7.23. The van der Waals surface area contributed by atoms with E-state index in [0.29, 0.717) is 25.9 Å². The van der Waals surface area contributed by atoms with E-state index in [4.69, 9.17) is 5.11 Å². The molecule has 218 valence electrons. The predicted octanol–water partition coefficient (Wildman–Crippen LogP) is 6.98. The summed E-state index contributed by atoms with van der Waals surface area (Å²) in [5.74, 6) is -1.06. The van der Waals surface area contributed by atoms with Gasteiger partial charge in [-0.25, -0.2) is 0 Å². The van der Waals surface area contributed by atoms with Crippen LogP contribution < -0.4 is 9.47 Å². The minimum atomic E-state index is -4.02. The Morgan fingerprint density at radius 2 is 1.71 bits per heavy atom. The molecule has 0 unspecified atom stereocenters. The number of rotatable bonds is 11. The first-order chi connectivity index (χ1) is 19.3. The topological polar surface area (TPSA) is 98.8 Å². The first-order valence-corrected chi connectivity index (χ1v) is 16.8. The molecular weight excluding hydrogens is 577 g/mol. The summed E-state index contributed by atoms with van der Waals surface area (Å²) in [7, 11) is -4.02. The van der Waals surface area contributed by atoms with Crippen molar-refractivity contribution in [1.29, 1.82) is 0 Å². The van der Waals surface area contributed by atoms with Crippen LogP contribution in [0.15, 0.2) is 58.0 Å². The lowest BCUT2D eigenvalue weighted by Crippen LogP contribution is -2.35. The Kier molecular flexibility index (Phi) is 9.79. The Bertz CT molecular complexity index is 1680. The van der Waals surface area contributed by atoms with Gasteiger partial charge in [0, 0.05) is 30.0 Å². The molecule has 41 heavy (non-hydrogen) atoms. The molecule has 2 N–H and O–H groups in total. The van der Waals surface area contributed by atoms with Crippen molar-refractivity contribution >= 4 is 61.2 Å². The SMILES string of the molecule is CC(C=Cc1sc2cc(C)c(C)cc2[n+]1CCCC(=O)O)=CC=C1Sc2cc(C)c(C)cc2N1CCCS(=O)(=O)O. The molecule has 1 aliphatic rings. The van der Waals surface area contributed by atoms with Gasteiger partial charge in [0.2, 0.25) is 5.52 Å². The number of hydrogen-bond acceptors (Lipinski definition) is 6. The number of carboxylic acid groups (broad SMARTS) is 1. The van der Waals surface area contributed by atoms with E-state index >= 15 is 0 Å². The van der Waals surface area contributed by atoms with E-state index in [9.17, 15) is 17.8 Å². The Morgan fingerprint density at radius 3 is 2.41 bits per heavy atom. The van der Waals surface area contributed by atoms with E-state index < -0.39 is 16.1 Å². The van der Waals surface area contributed by atoms with Gasteiger partial charge in [0.25, 0.3) is 15.1 Å². The number of anilines is 1. The second-order valence-electron chi connectivity index (χ2n) is 10.5. The fourth-order valence-corrected chi connectivity index (χ4v) is 7.51. The summed E-state index contributed by atoms with van der Waals surface area (Å²) >= 11 is 3.36. The molecule has 2 aromatic carbocycles. The number of aryl methyl sites for hydroxylation is 5. The first-order valence-electron chi connectivity index (χ1n) is 13.6. The maximum absolute atomic E-state index is 11.3. The quantitative estimate of drug-likeness (QED) is 0.137. The lowest BCUT2D eigenvalue weighted by atomic mass is 10.1. The highest BCUT2D eigenvalue weighted by atomic mass is 32.2. The fourth-order valence-electron chi connectivity index (χ4n) is 4.67. The number of carbonyl (C=O) groups is 1. The molecule has 2 heterocycles. The van der Waals surface area contributed by atoms with E-state index in [2.05, 4.69) is 85.7 Å². The predicted molar refractivity (Wildman–Crippen MR) is 169 cm³/mol. The largest absolute Gasteiger partial charge is 0.481 e. The zero-order valence-electron chi connectivity index (χ0n) is 24.1. The van der Waals surface area contributed by atoms with Crippen molar-refractivity contribution in [3.8, 4) is 0 Å². The van der Waals surface area contributed by atoms with E-state index in [1.807, 2.05) is 6.92 Å². The lowest BCUT2D eigenvalue weighted by Gasteiger charge is -2.20. The Morgan fingerprint density at radius 1 is 1.02 bits per heavy atom. The van der Waals surface area contributed by atoms with Crippen LogP contribution in [0.3, 0.4) is 0 Å². The molecule has 10 heteroatoms. The maximum atomic E-state index is 11.3. The second kappa shape index (κ2) is 12.9. The molecule has 7 nitrogen and oxygen atoms in total. The number of thioether (sulfide) groups is 1. The van der Waals surface area contributed by atoms with Gasteiger partial charge >= 0.3 is 5.97 Å². The molecule has 0 spiro atoms. The standard InChI is InChI=1S/C31H36N2O5S3/c1-20(9-11-29-32(13-6-8-31(34)35)25-16-21(2)23(4)18-27(25)39-29)10-12-30-33(14-7-15-41(36,37)38)26-17-22(3)24(5)19-28(26)40-30/h9-12,16-19H,6-8,13-15H2,1-5H3,(H-,34,35,36,37,38)/p+1. The van der Waals surface area contributed by atoms with Crippen molar-refractivity contribution < 1.29 is 27.4 Å². The molecule has 1 aliphatic heterocycles. The monoisotopic (exact) mass is 613 g/mol. The van der Waals surface area contributed by atoms with Crippen molar-refractivity contribution in [1.82, 2.24) is 0 Å². The van der Waals surface area contributed by atoms with Crippen molar-refractivity contribution in [3.05, 3.63) is 80.4 Å². The smallest absolute Gasteiger partial charge is 0.303 e. The highest BCUT2D eigenvalue weighted by Gasteiger charge is 2.26. The Hall–Kier alpha value is -2.92. The highest BCUT2D eigenvalue weighted by molar-refractivity contribution is 8.03. The molecule has 3 aromatic rings. The van der Waals surface area contributed by atoms with Crippen LogP contribution in [0, 0.1) is 27.7 Å². The third-order valence-corrected chi connectivity index (χ3v) is 10.3. The van der Waals surface area contributed by atoms with Gasteiger partial charge in [0.05, 0.1) is 22.9 Å². The molecule has 0 saturated carbocycles. The van der Waals surface area contributed by atoms with Crippen molar-refractivity contribution in [2.45, 2.75) is 65.3 Å². The number of nitrogens with zero attached hydrogens (tertiary/aromatic N) is 2. The number of hydrogen-bond donors (Lipinski definition) is 2. The minimum absolute atomic E-state index is 0.130.